The van der Waals surface area contributed by atoms with Gasteiger partial charge in [-0.1, -0.05) is 0 Å². The van der Waals surface area contributed by atoms with Crippen molar-refractivity contribution in [1.82, 2.24) is 4.90 Å². The van der Waals surface area contributed by atoms with E-state index in [1.165, 1.54) is 24.3 Å². The minimum Gasteiger partial charge on any atom is -0.466 e. The molecule has 2 heterocycles. The van der Waals surface area contributed by atoms with Crippen LogP contribution in [-0.4, -0.2) is 28.0 Å². The summed E-state index contributed by atoms with van der Waals surface area (Å²) in [6.07, 6.45) is 1.59. The van der Waals surface area contributed by atoms with E-state index in [0.717, 1.165) is 11.5 Å². The number of hydrogen-bond acceptors (Lipinski definition) is 5. The predicted molar refractivity (Wildman–Crippen MR) is 78.0 cm³/mol. The summed E-state index contributed by atoms with van der Waals surface area (Å²) in [4.78, 5) is 24.4. The normalized spacial score (nSPS) is 17.9. The Labute approximate surface area is 124 Å². The van der Waals surface area contributed by atoms with Crippen LogP contribution in [0.25, 0.3) is 0 Å². The second kappa shape index (κ2) is 5.61. The van der Waals surface area contributed by atoms with Crippen molar-refractivity contribution in [3.63, 3.8) is 0 Å². The molecule has 1 aromatic carbocycles. The number of rotatable bonds is 3. The van der Waals surface area contributed by atoms with Gasteiger partial charge in [0.05, 0.1) is 11.2 Å². The Morgan fingerprint density at radius 1 is 1.33 bits per heavy atom. The van der Waals surface area contributed by atoms with Gasteiger partial charge in [-0.25, -0.2) is 0 Å². The van der Waals surface area contributed by atoms with Gasteiger partial charge in [0.1, 0.15) is 11.1 Å². The van der Waals surface area contributed by atoms with Crippen molar-refractivity contribution in [1.29, 1.82) is 0 Å². The molecule has 0 N–H and O–H groups in total. The van der Waals surface area contributed by atoms with E-state index in [2.05, 4.69) is 0 Å². The summed E-state index contributed by atoms with van der Waals surface area (Å²) in [5.74, 6) is 1.44. The van der Waals surface area contributed by atoms with Gasteiger partial charge in [-0.3, -0.25) is 14.9 Å². The third kappa shape index (κ3) is 2.64. The van der Waals surface area contributed by atoms with Crippen LogP contribution in [0.15, 0.2) is 47.1 Å². The van der Waals surface area contributed by atoms with E-state index in [-0.39, 0.29) is 17.0 Å². The maximum atomic E-state index is 12.5. The summed E-state index contributed by atoms with van der Waals surface area (Å²) in [7, 11) is 0. The molecule has 0 unspecified atom stereocenters. The molecule has 3 rings (SSSR count). The minimum absolute atomic E-state index is 0.0232. The Hall–Kier alpha value is -2.28. The standard InChI is InChI=1S/C14H12N2O4S/c17-13(10-3-5-11(6-4-10)16(18)19)15-7-9-21-14(15)12-2-1-8-20-12/h1-6,8,14H,7,9H2/t14-/m1/s1. The molecule has 1 fully saturated rings. The molecule has 1 amide bonds. The van der Waals surface area contributed by atoms with Gasteiger partial charge in [-0.05, 0) is 24.3 Å². The average Bonchev–Trinajstić information content (AvgIpc) is 3.17. The highest BCUT2D eigenvalue weighted by Gasteiger charge is 2.33. The molecule has 1 saturated heterocycles. The van der Waals surface area contributed by atoms with Crippen molar-refractivity contribution in [2.75, 3.05) is 12.3 Å². The van der Waals surface area contributed by atoms with Crippen LogP contribution in [-0.2, 0) is 0 Å². The summed E-state index contributed by atoms with van der Waals surface area (Å²) in [6, 6.07) is 9.31. The number of hydrogen-bond donors (Lipinski definition) is 0. The molecule has 0 aliphatic carbocycles. The van der Waals surface area contributed by atoms with Crippen molar-refractivity contribution in [3.8, 4) is 0 Å². The van der Waals surface area contributed by atoms with Gasteiger partial charge in [0.15, 0.2) is 0 Å². The zero-order valence-electron chi connectivity index (χ0n) is 11.0. The third-order valence-electron chi connectivity index (χ3n) is 3.26. The first-order valence-electron chi connectivity index (χ1n) is 6.37. The van der Waals surface area contributed by atoms with Crippen molar-refractivity contribution in [3.05, 3.63) is 64.1 Å². The lowest BCUT2D eigenvalue weighted by molar-refractivity contribution is -0.384. The molecule has 1 aliphatic rings. The van der Waals surface area contributed by atoms with Gasteiger partial charge >= 0.3 is 0 Å². The summed E-state index contributed by atoms with van der Waals surface area (Å²) in [6.45, 7) is 0.631. The highest BCUT2D eigenvalue weighted by atomic mass is 32.2. The number of nitro benzene ring substituents is 1. The van der Waals surface area contributed by atoms with E-state index >= 15 is 0 Å². The molecule has 1 aliphatic heterocycles. The third-order valence-corrected chi connectivity index (χ3v) is 4.48. The topological polar surface area (TPSA) is 76.6 Å². The molecule has 21 heavy (non-hydrogen) atoms. The fourth-order valence-corrected chi connectivity index (χ4v) is 3.44. The number of furan rings is 1. The molecule has 1 aromatic heterocycles. The van der Waals surface area contributed by atoms with Crippen molar-refractivity contribution >= 4 is 23.4 Å². The fourth-order valence-electron chi connectivity index (χ4n) is 2.24. The summed E-state index contributed by atoms with van der Waals surface area (Å²) < 4.78 is 5.38. The number of benzene rings is 1. The van der Waals surface area contributed by atoms with Crippen LogP contribution >= 0.6 is 11.8 Å². The molecule has 0 radical (unpaired) electrons. The monoisotopic (exact) mass is 304 g/mol. The van der Waals surface area contributed by atoms with Gasteiger partial charge in [-0.2, -0.15) is 0 Å². The van der Waals surface area contributed by atoms with E-state index < -0.39 is 4.92 Å². The Morgan fingerprint density at radius 3 is 2.71 bits per heavy atom. The zero-order chi connectivity index (χ0) is 14.8. The SMILES string of the molecule is O=C(c1ccc([N+](=O)[O-])cc1)N1CCS[C@@H]1c1ccco1. The van der Waals surface area contributed by atoms with Gasteiger partial charge < -0.3 is 9.32 Å². The average molecular weight is 304 g/mol. The molecule has 0 spiro atoms. The number of non-ortho nitro benzene ring substituents is 1. The minimum atomic E-state index is -0.481. The summed E-state index contributed by atoms with van der Waals surface area (Å²) >= 11 is 1.64. The Morgan fingerprint density at radius 2 is 2.10 bits per heavy atom. The molecular weight excluding hydrogens is 292 g/mol. The molecule has 2 aromatic rings. The van der Waals surface area contributed by atoms with E-state index in [0.29, 0.717) is 12.1 Å². The predicted octanol–water partition coefficient (Wildman–Crippen LogP) is 3.08. The number of amides is 1. The van der Waals surface area contributed by atoms with Crippen LogP contribution in [0.2, 0.25) is 0 Å². The molecular formula is C14H12N2O4S. The van der Waals surface area contributed by atoms with Crippen LogP contribution in [0.4, 0.5) is 5.69 Å². The first-order chi connectivity index (χ1) is 10.2. The maximum Gasteiger partial charge on any atom is 0.269 e. The van der Waals surface area contributed by atoms with Crippen molar-refractivity contribution < 1.29 is 14.1 Å². The Kier molecular flexibility index (Phi) is 3.66. The Bertz CT molecular complexity index is 654. The molecule has 6 nitrogen and oxygen atoms in total. The molecule has 0 saturated carbocycles. The Balaban J connectivity index is 1.82. The van der Waals surface area contributed by atoms with Crippen LogP contribution in [0, 0.1) is 10.1 Å². The lowest BCUT2D eigenvalue weighted by Crippen LogP contribution is -2.30. The van der Waals surface area contributed by atoms with Gasteiger partial charge in [-0.15, -0.1) is 11.8 Å². The number of nitro groups is 1. The van der Waals surface area contributed by atoms with E-state index in [4.69, 9.17) is 4.42 Å². The van der Waals surface area contributed by atoms with Crippen molar-refractivity contribution in [2.24, 2.45) is 0 Å². The molecule has 108 valence electrons. The quantitative estimate of drug-likeness (QED) is 0.643. The van der Waals surface area contributed by atoms with Gasteiger partial charge in [0.2, 0.25) is 0 Å². The number of carbonyl (C=O) groups is 1. The van der Waals surface area contributed by atoms with E-state index in [9.17, 15) is 14.9 Å². The zero-order valence-corrected chi connectivity index (χ0v) is 11.8. The number of carbonyl (C=O) groups excluding carboxylic acids is 1. The highest BCUT2D eigenvalue weighted by Crippen LogP contribution is 2.38. The highest BCUT2D eigenvalue weighted by molar-refractivity contribution is 7.99. The summed E-state index contributed by atoms with van der Waals surface area (Å²) in [5, 5.41) is 10.5. The maximum absolute atomic E-state index is 12.5. The second-order valence-electron chi connectivity index (χ2n) is 4.54. The van der Waals surface area contributed by atoms with Crippen molar-refractivity contribution in [2.45, 2.75) is 5.37 Å². The second-order valence-corrected chi connectivity index (χ2v) is 5.73. The smallest absolute Gasteiger partial charge is 0.269 e. The van der Waals surface area contributed by atoms with Crippen LogP contribution in [0.3, 0.4) is 0 Å². The van der Waals surface area contributed by atoms with Gasteiger partial charge in [0, 0.05) is 30.0 Å². The molecule has 7 heteroatoms. The lowest BCUT2D eigenvalue weighted by Gasteiger charge is -2.22. The van der Waals surface area contributed by atoms with Crippen LogP contribution in [0.1, 0.15) is 21.5 Å². The fraction of sp³-hybridized carbons (Fsp3) is 0.214. The van der Waals surface area contributed by atoms with Crippen LogP contribution in [0.5, 0.6) is 0 Å². The number of nitrogens with zero attached hydrogens (tertiary/aromatic N) is 2. The largest absolute Gasteiger partial charge is 0.466 e. The van der Waals surface area contributed by atoms with Crippen LogP contribution < -0.4 is 0 Å². The lowest BCUT2D eigenvalue weighted by atomic mass is 10.2. The van der Waals surface area contributed by atoms with E-state index in [1.54, 1.807) is 29.0 Å². The molecule has 0 bridgehead atoms. The van der Waals surface area contributed by atoms with Gasteiger partial charge in [0.25, 0.3) is 11.6 Å². The first-order valence-corrected chi connectivity index (χ1v) is 7.42. The first kappa shape index (κ1) is 13.7. The summed E-state index contributed by atoms with van der Waals surface area (Å²) in [5.41, 5.74) is 0.421. The number of thioether (sulfide) groups is 1. The van der Waals surface area contributed by atoms with E-state index in [1.807, 2.05) is 6.07 Å². The molecule has 1 atom stereocenters.